The Kier molecular flexibility index (Phi) is 5.85. The number of aromatic nitrogens is 1. The lowest BCUT2D eigenvalue weighted by molar-refractivity contribution is -0.123. The van der Waals surface area contributed by atoms with Gasteiger partial charge < -0.3 is 20.5 Å². The summed E-state index contributed by atoms with van der Waals surface area (Å²) < 4.78 is 11.5. The number of ether oxygens (including phenoxy) is 2. The van der Waals surface area contributed by atoms with Crippen LogP contribution in [0.2, 0.25) is 0 Å². The summed E-state index contributed by atoms with van der Waals surface area (Å²) in [4.78, 5) is 27.7. The summed E-state index contributed by atoms with van der Waals surface area (Å²) in [6.45, 7) is 2.88. The molecule has 0 saturated carbocycles. The molecule has 138 valence electrons. The molecule has 1 aromatic heterocycles. The molecule has 1 saturated heterocycles. The number of nitrogens with zero attached hydrogens (tertiary/aromatic N) is 1. The van der Waals surface area contributed by atoms with E-state index in [9.17, 15) is 9.59 Å². The van der Waals surface area contributed by atoms with Crippen molar-refractivity contribution >= 4 is 23.2 Å². The highest BCUT2D eigenvalue weighted by molar-refractivity contribution is 7.09. The van der Waals surface area contributed by atoms with Crippen LogP contribution in [0.3, 0.4) is 0 Å². The van der Waals surface area contributed by atoms with Crippen LogP contribution in [0, 0.1) is 6.92 Å². The molecule has 26 heavy (non-hydrogen) atoms. The maximum absolute atomic E-state index is 12.3. The number of hydrogen-bond acceptors (Lipinski definition) is 6. The van der Waals surface area contributed by atoms with E-state index in [-0.39, 0.29) is 24.5 Å². The number of nitrogens with two attached hydrogens (primary N) is 1. The lowest BCUT2D eigenvalue weighted by Crippen LogP contribution is -2.52. The monoisotopic (exact) mass is 375 g/mol. The largest absolute Gasteiger partial charge is 0.488 e. The molecule has 1 fully saturated rings. The van der Waals surface area contributed by atoms with E-state index < -0.39 is 5.91 Å². The predicted molar refractivity (Wildman–Crippen MR) is 97.3 cm³/mol. The molecule has 1 aromatic carbocycles. The number of aryl methyl sites for hydroxylation is 1. The first-order chi connectivity index (χ1) is 12.5. The van der Waals surface area contributed by atoms with E-state index >= 15 is 0 Å². The molecule has 0 spiro atoms. The minimum Gasteiger partial charge on any atom is -0.488 e. The number of nitrogens with one attached hydrogen (secondary N) is 1. The van der Waals surface area contributed by atoms with Crippen LogP contribution in [-0.4, -0.2) is 42.2 Å². The van der Waals surface area contributed by atoms with Gasteiger partial charge in [-0.3, -0.25) is 9.59 Å². The van der Waals surface area contributed by atoms with Gasteiger partial charge in [-0.25, -0.2) is 4.98 Å². The van der Waals surface area contributed by atoms with Gasteiger partial charge in [0, 0.05) is 17.4 Å². The summed E-state index contributed by atoms with van der Waals surface area (Å²) in [5, 5.41) is 5.81. The Bertz CT molecular complexity index is 775. The van der Waals surface area contributed by atoms with Crippen molar-refractivity contribution in [2.75, 3.05) is 13.2 Å². The molecule has 0 radical (unpaired) electrons. The van der Waals surface area contributed by atoms with Gasteiger partial charge in [-0.15, -0.1) is 11.3 Å². The van der Waals surface area contributed by atoms with Crippen LogP contribution >= 0.6 is 11.3 Å². The molecule has 0 unspecified atom stereocenters. The molecular weight excluding hydrogens is 354 g/mol. The van der Waals surface area contributed by atoms with Crippen molar-refractivity contribution in [3.8, 4) is 5.75 Å². The second-order valence-corrected chi connectivity index (χ2v) is 7.18. The lowest BCUT2D eigenvalue weighted by atomic mass is 10.1. The van der Waals surface area contributed by atoms with Crippen LogP contribution in [0.4, 0.5) is 0 Å². The second kappa shape index (κ2) is 8.29. The molecule has 2 amide bonds. The molecule has 2 aromatic rings. The Hall–Kier alpha value is -2.45. The van der Waals surface area contributed by atoms with Crippen LogP contribution in [-0.2, 0) is 16.0 Å². The zero-order valence-electron chi connectivity index (χ0n) is 14.4. The maximum atomic E-state index is 12.3. The first kappa shape index (κ1) is 18.3. The van der Waals surface area contributed by atoms with E-state index in [1.165, 1.54) is 11.3 Å². The SMILES string of the molecule is Cc1nc(CC(=O)N[C@@H]2COCC[C@H]2Oc2ccc(C(N)=O)cc2)cs1. The van der Waals surface area contributed by atoms with Crippen LogP contribution < -0.4 is 15.8 Å². The number of thiazole rings is 1. The third-order valence-electron chi connectivity index (χ3n) is 4.07. The maximum Gasteiger partial charge on any atom is 0.248 e. The van der Waals surface area contributed by atoms with Crippen LogP contribution in [0.5, 0.6) is 5.75 Å². The van der Waals surface area contributed by atoms with Crippen molar-refractivity contribution < 1.29 is 19.1 Å². The van der Waals surface area contributed by atoms with Crippen molar-refractivity contribution in [1.29, 1.82) is 0 Å². The highest BCUT2D eigenvalue weighted by Crippen LogP contribution is 2.19. The Labute approximate surface area is 155 Å². The molecule has 7 nitrogen and oxygen atoms in total. The average molecular weight is 375 g/mol. The van der Waals surface area contributed by atoms with Crippen LogP contribution in [0.25, 0.3) is 0 Å². The molecule has 2 atom stereocenters. The van der Waals surface area contributed by atoms with E-state index in [0.717, 1.165) is 10.7 Å². The molecule has 8 heteroatoms. The van der Waals surface area contributed by atoms with Crippen molar-refractivity contribution in [3.63, 3.8) is 0 Å². The molecular formula is C18H21N3O4S. The third kappa shape index (κ3) is 4.80. The quantitative estimate of drug-likeness (QED) is 0.795. The standard InChI is InChI=1S/C18H21N3O4S/c1-11-20-13(10-26-11)8-17(22)21-15-9-24-7-6-16(15)25-14-4-2-12(3-5-14)18(19)23/h2-5,10,15-16H,6-9H2,1H3,(H2,19,23)(H,21,22)/t15-,16-/m1/s1. The van der Waals surface area contributed by atoms with E-state index in [0.29, 0.717) is 30.9 Å². The average Bonchev–Trinajstić information content (AvgIpc) is 3.02. The van der Waals surface area contributed by atoms with Crippen molar-refractivity contribution in [2.45, 2.75) is 31.9 Å². The van der Waals surface area contributed by atoms with Gasteiger partial charge in [0.25, 0.3) is 0 Å². The Morgan fingerprint density at radius 2 is 2.15 bits per heavy atom. The predicted octanol–water partition coefficient (Wildman–Crippen LogP) is 1.45. The zero-order valence-corrected chi connectivity index (χ0v) is 15.3. The summed E-state index contributed by atoms with van der Waals surface area (Å²) in [6, 6.07) is 6.40. The van der Waals surface area contributed by atoms with Gasteiger partial charge in [0.05, 0.1) is 36.4 Å². The molecule has 2 heterocycles. The smallest absolute Gasteiger partial charge is 0.248 e. The van der Waals surface area contributed by atoms with Gasteiger partial charge in [0.2, 0.25) is 11.8 Å². The summed E-state index contributed by atoms with van der Waals surface area (Å²) >= 11 is 1.52. The Balaban J connectivity index is 1.60. The van der Waals surface area contributed by atoms with Gasteiger partial charge in [-0.05, 0) is 31.2 Å². The summed E-state index contributed by atoms with van der Waals surface area (Å²) in [6.07, 6.45) is 0.698. The lowest BCUT2D eigenvalue weighted by Gasteiger charge is -2.32. The number of amides is 2. The van der Waals surface area contributed by atoms with Gasteiger partial charge in [-0.2, -0.15) is 0 Å². The van der Waals surface area contributed by atoms with Gasteiger partial charge in [0.15, 0.2) is 0 Å². The van der Waals surface area contributed by atoms with Crippen molar-refractivity contribution in [1.82, 2.24) is 10.3 Å². The number of primary amides is 1. The number of benzene rings is 1. The minimum atomic E-state index is -0.481. The molecule has 1 aliphatic rings. The summed E-state index contributed by atoms with van der Waals surface area (Å²) in [5.41, 5.74) is 6.43. The number of rotatable bonds is 6. The Morgan fingerprint density at radius 3 is 2.81 bits per heavy atom. The van der Waals surface area contributed by atoms with E-state index in [1.807, 2.05) is 12.3 Å². The van der Waals surface area contributed by atoms with Gasteiger partial charge in [0.1, 0.15) is 11.9 Å². The fourth-order valence-electron chi connectivity index (χ4n) is 2.78. The minimum absolute atomic E-state index is 0.108. The summed E-state index contributed by atoms with van der Waals surface area (Å²) in [7, 11) is 0. The fraction of sp³-hybridized carbons (Fsp3) is 0.389. The molecule has 3 rings (SSSR count). The van der Waals surface area contributed by atoms with Gasteiger partial charge >= 0.3 is 0 Å². The third-order valence-corrected chi connectivity index (χ3v) is 4.90. The van der Waals surface area contributed by atoms with E-state index in [4.69, 9.17) is 15.2 Å². The van der Waals surface area contributed by atoms with E-state index in [2.05, 4.69) is 10.3 Å². The molecule has 1 aliphatic heterocycles. The summed E-state index contributed by atoms with van der Waals surface area (Å²) in [5.74, 6) is 0.0322. The van der Waals surface area contributed by atoms with Crippen LogP contribution in [0.1, 0.15) is 27.5 Å². The van der Waals surface area contributed by atoms with Crippen molar-refractivity contribution in [2.24, 2.45) is 5.73 Å². The molecule has 3 N–H and O–H groups in total. The zero-order chi connectivity index (χ0) is 18.5. The molecule has 0 aliphatic carbocycles. The number of hydrogen-bond donors (Lipinski definition) is 2. The van der Waals surface area contributed by atoms with Crippen LogP contribution in [0.15, 0.2) is 29.6 Å². The second-order valence-electron chi connectivity index (χ2n) is 6.12. The fourth-order valence-corrected chi connectivity index (χ4v) is 3.39. The highest BCUT2D eigenvalue weighted by Gasteiger charge is 2.29. The van der Waals surface area contributed by atoms with E-state index in [1.54, 1.807) is 24.3 Å². The first-order valence-corrected chi connectivity index (χ1v) is 9.24. The number of carbonyl (C=O) groups excluding carboxylic acids is 2. The molecule has 0 bridgehead atoms. The topological polar surface area (TPSA) is 104 Å². The van der Waals surface area contributed by atoms with Crippen molar-refractivity contribution in [3.05, 3.63) is 45.9 Å². The normalized spacial score (nSPS) is 19.7. The van der Waals surface area contributed by atoms with Gasteiger partial charge in [-0.1, -0.05) is 0 Å². The highest BCUT2D eigenvalue weighted by atomic mass is 32.1. The Morgan fingerprint density at radius 1 is 1.38 bits per heavy atom. The first-order valence-electron chi connectivity index (χ1n) is 8.36. The number of carbonyl (C=O) groups is 2.